The first-order valence-corrected chi connectivity index (χ1v) is 7.26. The highest BCUT2D eigenvalue weighted by Crippen LogP contribution is 2.33. The number of pyridine rings is 2. The zero-order valence-electron chi connectivity index (χ0n) is 11.6. The van der Waals surface area contributed by atoms with Crippen LogP contribution < -0.4 is 5.32 Å². The molecular weight excluding hydrogens is 305 g/mol. The fourth-order valence-electron chi connectivity index (χ4n) is 2.17. The van der Waals surface area contributed by atoms with Gasteiger partial charge in [-0.1, -0.05) is 29.3 Å². The van der Waals surface area contributed by atoms with Crippen LogP contribution in [0.4, 0.5) is 11.4 Å². The van der Waals surface area contributed by atoms with E-state index < -0.39 is 0 Å². The van der Waals surface area contributed by atoms with Gasteiger partial charge in [0.25, 0.3) is 0 Å². The Morgan fingerprint density at radius 2 is 1.67 bits per heavy atom. The van der Waals surface area contributed by atoms with Gasteiger partial charge in [-0.05, 0) is 44.2 Å². The van der Waals surface area contributed by atoms with Crippen molar-refractivity contribution >= 4 is 45.6 Å². The number of nitrogens with one attached hydrogen (secondary N) is 1. The lowest BCUT2D eigenvalue weighted by molar-refractivity contribution is 1.16. The second kappa shape index (κ2) is 5.51. The fraction of sp³-hybridized carbons (Fsp3) is 0.125. The van der Waals surface area contributed by atoms with Gasteiger partial charge in [0.2, 0.25) is 0 Å². The van der Waals surface area contributed by atoms with E-state index in [9.17, 15) is 0 Å². The molecule has 0 saturated carbocycles. The Morgan fingerprint density at radius 1 is 0.905 bits per heavy atom. The number of nitrogens with zero attached hydrogens (tertiary/aromatic N) is 2. The summed E-state index contributed by atoms with van der Waals surface area (Å²) >= 11 is 12.3. The molecule has 21 heavy (non-hydrogen) atoms. The Balaban J connectivity index is 2.14. The van der Waals surface area contributed by atoms with Gasteiger partial charge in [0.05, 0.1) is 21.4 Å². The molecule has 2 aromatic heterocycles. The van der Waals surface area contributed by atoms with E-state index >= 15 is 0 Å². The van der Waals surface area contributed by atoms with Crippen LogP contribution in [0.5, 0.6) is 0 Å². The summed E-state index contributed by atoms with van der Waals surface area (Å²) < 4.78 is 0. The number of fused-ring (bicyclic) bond motifs is 1. The van der Waals surface area contributed by atoms with E-state index in [0.717, 1.165) is 33.8 Å². The van der Waals surface area contributed by atoms with Crippen LogP contribution in [0.25, 0.3) is 11.0 Å². The number of hydrogen-bond acceptors (Lipinski definition) is 3. The first kappa shape index (κ1) is 14.1. The molecule has 2 heterocycles. The highest BCUT2D eigenvalue weighted by Gasteiger charge is 2.09. The smallest absolute Gasteiger partial charge is 0.161 e. The second-order valence-corrected chi connectivity index (χ2v) is 5.65. The van der Waals surface area contributed by atoms with Gasteiger partial charge >= 0.3 is 0 Å². The summed E-state index contributed by atoms with van der Waals surface area (Å²) in [6.45, 7) is 3.89. The standard InChI is InChI=1S/C16H13Cl2N3/c1-9-6-7-11-14(8-10(2)20-16(11)19-9)21-13-5-3-4-12(17)15(13)18/h3-8H,1-2H3,(H,19,20,21). The van der Waals surface area contributed by atoms with E-state index in [1.807, 2.05) is 44.2 Å². The largest absolute Gasteiger partial charge is 0.354 e. The summed E-state index contributed by atoms with van der Waals surface area (Å²) in [5.41, 5.74) is 4.22. The lowest BCUT2D eigenvalue weighted by Gasteiger charge is -2.12. The van der Waals surface area contributed by atoms with Gasteiger partial charge in [-0.15, -0.1) is 0 Å². The van der Waals surface area contributed by atoms with E-state index in [-0.39, 0.29) is 0 Å². The molecule has 0 atom stereocenters. The van der Waals surface area contributed by atoms with E-state index in [2.05, 4.69) is 15.3 Å². The Morgan fingerprint density at radius 3 is 2.48 bits per heavy atom. The van der Waals surface area contributed by atoms with E-state index in [4.69, 9.17) is 23.2 Å². The van der Waals surface area contributed by atoms with Crippen LogP contribution in [0.15, 0.2) is 36.4 Å². The highest BCUT2D eigenvalue weighted by atomic mass is 35.5. The van der Waals surface area contributed by atoms with E-state index in [1.54, 1.807) is 6.07 Å². The van der Waals surface area contributed by atoms with E-state index in [0.29, 0.717) is 10.0 Å². The van der Waals surface area contributed by atoms with Crippen molar-refractivity contribution in [3.8, 4) is 0 Å². The third-order valence-corrected chi connectivity index (χ3v) is 3.98. The first-order chi connectivity index (χ1) is 10.0. The van der Waals surface area contributed by atoms with Gasteiger partial charge in [0.15, 0.2) is 5.65 Å². The van der Waals surface area contributed by atoms with Crippen molar-refractivity contribution in [2.75, 3.05) is 5.32 Å². The van der Waals surface area contributed by atoms with Gasteiger partial charge in [-0.3, -0.25) is 0 Å². The van der Waals surface area contributed by atoms with Crippen molar-refractivity contribution in [3.63, 3.8) is 0 Å². The Bertz CT molecular complexity index is 826. The number of hydrogen-bond donors (Lipinski definition) is 1. The summed E-state index contributed by atoms with van der Waals surface area (Å²) in [4.78, 5) is 8.94. The first-order valence-electron chi connectivity index (χ1n) is 6.50. The summed E-state index contributed by atoms with van der Waals surface area (Å²) in [7, 11) is 0. The molecule has 0 spiro atoms. The van der Waals surface area contributed by atoms with Crippen LogP contribution in [-0.2, 0) is 0 Å². The number of anilines is 2. The average molecular weight is 318 g/mol. The lowest BCUT2D eigenvalue weighted by Crippen LogP contribution is -1.97. The Hall–Kier alpha value is -1.84. The number of rotatable bonds is 2. The van der Waals surface area contributed by atoms with Crippen LogP contribution >= 0.6 is 23.2 Å². The van der Waals surface area contributed by atoms with Crippen LogP contribution in [0.3, 0.4) is 0 Å². The molecule has 0 bridgehead atoms. The molecule has 106 valence electrons. The van der Waals surface area contributed by atoms with Crippen molar-refractivity contribution in [2.45, 2.75) is 13.8 Å². The van der Waals surface area contributed by atoms with Crippen molar-refractivity contribution in [2.24, 2.45) is 0 Å². The van der Waals surface area contributed by atoms with Crippen LogP contribution in [0.1, 0.15) is 11.4 Å². The Kier molecular flexibility index (Phi) is 3.70. The van der Waals surface area contributed by atoms with Crippen LogP contribution in [-0.4, -0.2) is 9.97 Å². The fourth-order valence-corrected chi connectivity index (χ4v) is 2.52. The minimum absolute atomic E-state index is 0.502. The molecule has 0 radical (unpaired) electrons. The molecule has 5 heteroatoms. The second-order valence-electron chi connectivity index (χ2n) is 4.86. The molecule has 0 amide bonds. The van der Waals surface area contributed by atoms with Crippen molar-refractivity contribution in [1.82, 2.24) is 9.97 Å². The normalized spacial score (nSPS) is 10.9. The molecule has 0 saturated heterocycles. The molecule has 0 aliphatic carbocycles. The SMILES string of the molecule is Cc1ccc2c(Nc3cccc(Cl)c3Cl)cc(C)nc2n1. The maximum absolute atomic E-state index is 6.23. The molecule has 0 fully saturated rings. The highest BCUT2D eigenvalue weighted by molar-refractivity contribution is 6.43. The molecule has 1 aromatic carbocycles. The zero-order valence-corrected chi connectivity index (χ0v) is 13.1. The van der Waals surface area contributed by atoms with E-state index in [1.165, 1.54) is 0 Å². The number of aromatic nitrogens is 2. The quantitative estimate of drug-likeness (QED) is 0.697. The van der Waals surface area contributed by atoms with Crippen LogP contribution in [0.2, 0.25) is 10.0 Å². The Labute approximate surface area is 132 Å². The summed E-state index contributed by atoms with van der Waals surface area (Å²) in [6, 6.07) is 11.4. The number of benzene rings is 1. The maximum atomic E-state index is 6.23. The molecule has 0 aliphatic heterocycles. The number of halogens is 2. The maximum Gasteiger partial charge on any atom is 0.161 e. The predicted molar refractivity (Wildman–Crippen MR) is 88.8 cm³/mol. The molecule has 0 unspecified atom stereocenters. The van der Waals surface area contributed by atoms with Crippen LogP contribution in [0, 0.1) is 13.8 Å². The third kappa shape index (κ3) is 2.80. The third-order valence-electron chi connectivity index (χ3n) is 3.16. The zero-order chi connectivity index (χ0) is 15.0. The van der Waals surface area contributed by atoms with Gasteiger partial charge in [0.1, 0.15) is 0 Å². The average Bonchev–Trinajstić information content (AvgIpc) is 2.43. The van der Waals surface area contributed by atoms with Crippen molar-refractivity contribution in [3.05, 3.63) is 57.8 Å². The summed E-state index contributed by atoms with van der Waals surface area (Å²) in [5, 5.41) is 5.29. The molecule has 3 aromatic rings. The van der Waals surface area contributed by atoms with Crippen molar-refractivity contribution in [1.29, 1.82) is 0 Å². The topological polar surface area (TPSA) is 37.8 Å². The molecule has 3 rings (SSSR count). The van der Waals surface area contributed by atoms with Gasteiger partial charge in [-0.2, -0.15) is 0 Å². The van der Waals surface area contributed by atoms with Gasteiger partial charge in [-0.25, -0.2) is 9.97 Å². The molecule has 1 N–H and O–H groups in total. The van der Waals surface area contributed by atoms with Gasteiger partial charge < -0.3 is 5.32 Å². The lowest BCUT2D eigenvalue weighted by atomic mass is 10.2. The minimum Gasteiger partial charge on any atom is -0.354 e. The molecule has 0 aliphatic rings. The predicted octanol–water partition coefficient (Wildman–Crippen LogP) is 5.30. The molecule has 3 nitrogen and oxygen atoms in total. The summed E-state index contributed by atoms with van der Waals surface area (Å²) in [5.74, 6) is 0. The monoisotopic (exact) mass is 317 g/mol. The minimum atomic E-state index is 0.502. The van der Waals surface area contributed by atoms with Gasteiger partial charge in [0, 0.05) is 16.8 Å². The number of aryl methyl sites for hydroxylation is 2. The summed E-state index contributed by atoms with van der Waals surface area (Å²) in [6.07, 6.45) is 0. The van der Waals surface area contributed by atoms with Crippen molar-refractivity contribution < 1.29 is 0 Å². The molecular formula is C16H13Cl2N3.